The van der Waals surface area contributed by atoms with Crippen LogP contribution in [0.25, 0.3) is 16.7 Å². The van der Waals surface area contributed by atoms with E-state index in [9.17, 15) is 9.18 Å². The smallest absolute Gasteiger partial charge is 0.356 e. The summed E-state index contributed by atoms with van der Waals surface area (Å²) in [5.41, 5.74) is 3.71. The van der Waals surface area contributed by atoms with Crippen LogP contribution < -0.4 is 4.90 Å². The van der Waals surface area contributed by atoms with Crippen molar-refractivity contribution in [2.75, 3.05) is 44.9 Å². The zero-order valence-electron chi connectivity index (χ0n) is 22.5. The first-order chi connectivity index (χ1) is 19.1. The van der Waals surface area contributed by atoms with E-state index in [0.29, 0.717) is 29.6 Å². The normalized spacial score (nSPS) is 24.6. The first kappa shape index (κ1) is 25.0. The number of piperidine rings is 1. The Hall–Kier alpha value is -3.04. The van der Waals surface area contributed by atoms with Gasteiger partial charge in [0, 0.05) is 44.3 Å². The van der Waals surface area contributed by atoms with E-state index in [1.165, 1.54) is 32.1 Å². The maximum absolute atomic E-state index is 13.8. The van der Waals surface area contributed by atoms with E-state index < -0.39 is 5.97 Å². The Kier molecular flexibility index (Phi) is 6.51. The maximum Gasteiger partial charge on any atom is 0.356 e. The first-order valence-electron chi connectivity index (χ1n) is 14.5. The molecule has 2 atom stereocenters. The number of nitrogens with zero attached hydrogens (tertiary/aromatic N) is 5. The van der Waals surface area contributed by atoms with E-state index >= 15 is 0 Å². The van der Waals surface area contributed by atoms with Gasteiger partial charge in [0.1, 0.15) is 5.82 Å². The Morgan fingerprint density at radius 2 is 1.85 bits per heavy atom. The first-order valence-corrected chi connectivity index (χ1v) is 14.5. The Bertz CT molecular complexity index is 1370. The molecule has 2 aromatic heterocycles. The number of carbonyl (C=O) groups is 1. The molecule has 5 heterocycles. The predicted molar refractivity (Wildman–Crippen MR) is 146 cm³/mol. The molecule has 4 aliphatic rings. The molecule has 3 aliphatic heterocycles. The maximum atomic E-state index is 13.8. The number of fused-ring (bicyclic) bond motifs is 2. The van der Waals surface area contributed by atoms with Crippen LogP contribution in [0.3, 0.4) is 0 Å². The third-order valence-corrected chi connectivity index (χ3v) is 9.48. The summed E-state index contributed by atoms with van der Waals surface area (Å²) in [6.07, 6.45) is 7.94. The summed E-state index contributed by atoms with van der Waals surface area (Å²) >= 11 is 0. The number of aromatic nitrogens is 3. The summed E-state index contributed by atoms with van der Waals surface area (Å²) in [7, 11) is 1.39. The highest BCUT2D eigenvalue weighted by molar-refractivity contribution is 5.99. The molecule has 0 amide bonds. The molecule has 0 radical (unpaired) electrons. The number of halogens is 1. The summed E-state index contributed by atoms with van der Waals surface area (Å²) in [6, 6.07) is 9.46. The SMILES string of the molecule is COC(=O)c1cc(N2CCC3C(CCN3C3CCOCC3)C2)c2c(C3CCC3)nn(-c3ccc(F)cc3)c2n1. The van der Waals surface area contributed by atoms with Crippen molar-refractivity contribution in [2.45, 2.75) is 62.9 Å². The molecule has 7 rings (SSSR count). The van der Waals surface area contributed by atoms with Crippen LogP contribution in [0.2, 0.25) is 0 Å². The van der Waals surface area contributed by atoms with Crippen molar-refractivity contribution in [1.82, 2.24) is 19.7 Å². The lowest BCUT2D eigenvalue weighted by Gasteiger charge is -2.42. The van der Waals surface area contributed by atoms with Gasteiger partial charge in [-0.1, -0.05) is 6.42 Å². The molecule has 206 valence electrons. The predicted octanol–water partition coefficient (Wildman–Crippen LogP) is 4.69. The fourth-order valence-electron chi connectivity index (χ4n) is 7.22. The Labute approximate surface area is 228 Å². The summed E-state index contributed by atoms with van der Waals surface area (Å²) in [4.78, 5) is 22.8. The van der Waals surface area contributed by atoms with Crippen LogP contribution in [0.4, 0.5) is 10.1 Å². The second-order valence-corrected chi connectivity index (χ2v) is 11.6. The number of ether oxygens (including phenoxy) is 2. The molecule has 39 heavy (non-hydrogen) atoms. The van der Waals surface area contributed by atoms with Gasteiger partial charge in [-0.3, -0.25) is 4.90 Å². The molecule has 0 N–H and O–H groups in total. The van der Waals surface area contributed by atoms with Gasteiger partial charge in [-0.25, -0.2) is 18.9 Å². The third-order valence-electron chi connectivity index (χ3n) is 9.48. The lowest BCUT2D eigenvalue weighted by molar-refractivity contribution is 0.0231. The fraction of sp³-hybridized carbons (Fsp3) is 0.567. The van der Waals surface area contributed by atoms with Gasteiger partial charge in [0.25, 0.3) is 0 Å². The Morgan fingerprint density at radius 1 is 1.05 bits per heavy atom. The van der Waals surface area contributed by atoms with Crippen molar-refractivity contribution in [3.63, 3.8) is 0 Å². The molecule has 8 nitrogen and oxygen atoms in total. The molecule has 3 aromatic rings. The molecule has 1 saturated carbocycles. The van der Waals surface area contributed by atoms with Crippen molar-refractivity contribution < 1.29 is 18.7 Å². The lowest BCUT2D eigenvalue weighted by atomic mass is 9.81. The average Bonchev–Trinajstić information content (AvgIpc) is 3.54. The molecule has 1 aliphatic carbocycles. The second kappa shape index (κ2) is 10.2. The summed E-state index contributed by atoms with van der Waals surface area (Å²) < 4.78 is 26.3. The molecule has 2 unspecified atom stereocenters. The van der Waals surface area contributed by atoms with Crippen molar-refractivity contribution in [3.8, 4) is 5.69 Å². The largest absolute Gasteiger partial charge is 0.464 e. The van der Waals surface area contributed by atoms with E-state index in [2.05, 4.69) is 9.80 Å². The molecule has 0 bridgehead atoms. The second-order valence-electron chi connectivity index (χ2n) is 11.6. The van der Waals surface area contributed by atoms with Gasteiger partial charge in [-0.2, -0.15) is 5.10 Å². The number of esters is 1. The zero-order chi connectivity index (χ0) is 26.5. The number of carbonyl (C=O) groups excluding carboxylic acids is 1. The minimum absolute atomic E-state index is 0.279. The van der Waals surface area contributed by atoms with Crippen molar-refractivity contribution in [1.29, 1.82) is 0 Å². The van der Waals surface area contributed by atoms with Gasteiger partial charge < -0.3 is 14.4 Å². The topological polar surface area (TPSA) is 72.7 Å². The fourth-order valence-corrected chi connectivity index (χ4v) is 7.22. The molecular weight excluding hydrogens is 497 g/mol. The van der Waals surface area contributed by atoms with Crippen molar-refractivity contribution in [2.24, 2.45) is 5.92 Å². The average molecular weight is 534 g/mol. The van der Waals surface area contributed by atoms with Gasteiger partial charge in [0.15, 0.2) is 11.3 Å². The third kappa shape index (κ3) is 4.39. The van der Waals surface area contributed by atoms with Crippen molar-refractivity contribution >= 4 is 22.7 Å². The van der Waals surface area contributed by atoms with E-state index in [1.54, 1.807) is 16.8 Å². The standard InChI is InChI=1S/C30H36FN5O3/c1-38-30(37)24-17-26(34-13-10-25-20(18-34)9-14-35(25)22-11-15-39-16-12-22)27-28(19-3-2-4-19)33-36(29(27)32-24)23-7-5-21(31)6-8-23/h5-8,17,19-20,22,25H,2-4,9-16,18H2,1H3. The lowest BCUT2D eigenvalue weighted by Crippen LogP contribution is -2.50. The van der Waals surface area contributed by atoms with Crippen LogP contribution in [0.5, 0.6) is 0 Å². The summed E-state index contributed by atoms with van der Waals surface area (Å²) in [5, 5.41) is 6.09. The molecular formula is C30H36FN5O3. The number of rotatable bonds is 5. The zero-order valence-corrected chi connectivity index (χ0v) is 22.5. The molecule has 1 aromatic carbocycles. The number of anilines is 1. The Balaban J connectivity index is 1.29. The highest BCUT2D eigenvalue weighted by Crippen LogP contribution is 2.44. The minimum atomic E-state index is -0.461. The van der Waals surface area contributed by atoms with Gasteiger partial charge in [0.05, 0.1) is 29.6 Å². The Morgan fingerprint density at radius 3 is 2.56 bits per heavy atom. The number of methoxy groups -OCH3 is 1. The number of benzene rings is 1. The van der Waals surface area contributed by atoms with Crippen LogP contribution in [-0.2, 0) is 9.47 Å². The summed E-state index contributed by atoms with van der Waals surface area (Å²) in [5.74, 6) is 0.196. The van der Waals surface area contributed by atoms with Crippen LogP contribution in [-0.4, -0.2) is 77.7 Å². The highest BCUT2D eigenvalue weighted by Gasteiger charge is 2.42. The summed E-state index contributed by atoms with van der Waals surface area (Å²) in [6.45, 7) is 4.78. The van der Waals surface area contributed by atoms with Gasteiger partial charge in [-0.15, -0.1) is 0 Å². The van der Waals surface area contributed by atoms with Crippen LogP contribution in [0, 0.1) is 11.7 Å². The van der Waals surface area contributed by atoms with Crippen LogP contribution in [0.15, 0.2) is 30.3 Å². The molecule has 3 saturated heterocycles. The quantitative estimate of drug-likeness (QED) is 0.441. The molecule has 0 spiro atoms. The number of hydrogen-bond donors (Lipinski definition) is 0. The van der Waals surface area contributed by atoms with E-state index in [0.717, 1.165) is 87.4 Å². The highest BCUT2D eigenvalue weighted by atomic mass is 19.1. The van der Waals surface area contributed by atoms with E-state index in [4.69, 9.17) is 19.6 Å². The van der Waals surface area contributed by atoms with Gasteiger partial charge in [0.2, 0.25) is 0 Å². The van der Waals surface area contributed by atoms with Gasteiger partial charge >= 0.3 is 5.97 Å². The van der Waals surface area contributed by atoms with Crippen molar-refractivity contribution in [3.05, 3.63) is 47.5 Å². The minimum Gasteiger partial charge on any atom is -0.464 e. The number of likely N-dealkylation sites (tertiary alicyclic amines) is 1. The van der Waals surface area contributed by atoms with Gasteiger partial charge in [-0.05, 0) is 81.3 Å². The van der Waals surface area contributed by atoms with Crippen LogP contribution >= 0.6 is 0 Å². The van der Waals surface area contributed by atoms with E-state index in [1.807, 2.05) is 6.07 Å². The molecule has 4 fully saturated rings. The number of hydrogen-bond acceptors (Lipinski definition) is 7. The van der Waals surface area contributed by atoms with Crippen LogP contribution in [0.1, 0.15) is 67.0 Å². The van der Waals surface area contributed by atoms with E-state index in [-0.39, 0.29) is 11.5 Å². The monoisotopic (exact) mass is 533 g/mol. The number of pyridine rings is 1. The molecule has 9 heteroatoms.